The number of benzene rings is 2. The number of rotatable bonds is 12. The number of carbonyl (C=O) groups excluding carboxylic acids is 4. The summed E-state index contributed by atoms with van der Waals surface area (Å²) in [7, 11) is 2.60. The van der Waals surface area contributed by atoms with E-state index in [1.165, 1.54) is 14.2 Å². The van der Waals surface area contributed by atoms with Crippen molar-refractivity contribution in [2.24, 2.45) is 16.8 Å². The summed E-state index contributed by atoms with van der Waals surface area (Å²) in [6.45, 7) is 9.72. The number of carbonyl (C=O) groups is 4. The molecule has 3 aliphatic heterocycles. The average molecular weight is 794 g/mol. The molecule has 2 aromatic heterocycles. The predicted octanol–water partition coefficient (Wildman–Crippen LogP) is 5.69. The van der Waals surface area contributed by atoms with Crippen LogP contribution in [-0.2, 0) is 19.1 Å². The molecule has 4 amide bonds. The fraction of sp³-hybridized carbons (Fsp3) is 0.512. The minimum absolute atomic E-state index is 0.0438. The number of hydrogen-bond donors (Lipinski definition) is 4. The Morgan fingerprint density at radius 2 is 1.40 bits per heavy atom. The van der Waals surface area contributed by atoms with Gasteiger partial charge in [-0.25, -0.2) is 19.6 Å². The van der Waals surface area contributed by atoms with Crippen molar-refractivity contribution in [2.75, 3.05) is 33.9 Å². The molecule has 15 nitrogen and oxygen atoms in total. The van der Waals surface area contributed by atoms with Crippen molar-refractivity contribution in [1.29, 1.82) is 0 Å². The second kappa shape index (κ2) is 17.5. The van der Waals surface area contributed by atoms with Crippen LogP contribution in [0.5, 0.6) is 0 Å². The monoisotopic (exact) mass is 793 g/mol. The Morgan fingerprint density at radius 1 is 0.793 bits per heavy atom. The van der Waals surface area contributed by atoms with E-state index in [4.69, 9.17) is 24.4 Å². The highest BCUT2D eigenvalue weighted by Gasteiger charge is 2.41. The second-order valence-electron chi connectivity index (χ2n) is 15.8. The molecule has 4 aromatic rings. The van der Waals surface area contributed by atoms with Crippen molar-refractivity contribution in [3.05, 3.63) is 59.9 Å². The number of aliphatic imine (C=N–C) groups is 1. The molecule has 5 heterocycles. The van der Waals surface area contributed by atoms with E-state index in [0.717, 1.165) is 77.3 Å². The van der Waals surface area contributed by atoms with Gasteiger partial charge < -0.3 is 34.9 Å². The first-order valence-electron chi connectivity index (χ1n) is 20.5. The number of fused-ring (bicyclic) bond motifs is 2. The molecular weight excluding hydrogens is 739 g/mol. The quantitative estimate of drug-likeness (QED) is 0.140. The zero-order valence-corrected chi connectivity index (χ0v) is 34.2. The summed E-state index contributed by atoms with van der Waals surface area (Å²) < 4.78 is 9.63. The van der Waals surface area contributed by atoms with Gasteiger partial charge in [-0.3, -0.25) is 19.9 Å². The first-order chi connectivity index (χ1) is 28.0. The van der Waals surface area contributed by atoms with Gasteiger partial charge in [-0.15, -0.1) is 0 Å². The Morgan fingerprint density at radius 3 is 2.05 bits per heavy atom. The first-order valence-corrected chi connectivity index (χ1v) is 20.5. The van der Waals surface area contributed by atoms with Crippen LogP contribution in [0.4, 0.5) is 9.59 Å². The normalized spacial score (nSPS) is 21.4. The first kappa shape index (κ1) is 40.6. The minimum atomic E-state index is -0.692. The number of hydrogen-bond acceptors (Lipinski definition) is 10. The molecule has 0 bridgehead atoms. The maximum Gasteiger partial charge on any atom is 0.407 e. The van der Waals surface area contributed by atoms with Crippen molar-refractivity contribution >= 4 is 51.6 Å². The van der Waals surface area contributed by atoms with Crippen molar-refractivity contribution in [3.8, 4) is 11.3 Å². The summed E-state index contributed by atoms with van der Waals surface area (Å²) in [5.41, 5.74) is 5.08. The number of pyridine rings is 1. The van der Waals surface area contributed by atoms with Crippen LogP contribution in [0.3, 0.4) is 0 Å². The van der Waals surface area contributed by atoms with Gasteiger partial charge in [-0.1, -0.05) is 64.8 Å². The fourth-order valence-corrected chi connectivity index (χ4v) is 8.48. The number of methoxy groups -OCH3 is 2. The third-order valence-corrected chi connectivity index (χ3v) is 12.3. The van der Waals surface area contributed by atoms with E-state index >= 15 is 0 Å². The molecule has 4 N–H and O–H groups in total. The van der Waals surface area contributed by atoms with Gasteiger partial charge >= 0.3 is 12.2 Å². The Hall–Kier alpha value is -5.57. The maximum absolute atomic E-state index is 13.8. The Bertz CT molecular complexity index is 2210. The number of nitrogens with zero attached hydrogens (tertiary/aromatic N) is 5. The molecule has 0 saturated carbocycles. The number of aromatic nitrogens is 3. The number of alkyl carbamates (subject to hydrolysis) is 2. The van der Waals surface area contributed by atoms with Crippen LogP contribution in [0.25, 0.3) is 33.2 Å². The maximum atomic E-state index is 13.8. The lowest BCUT2D eigenvalue weighted by molar-refractivity contribution is -0.136. The second-order valence-corrected chi connectivity index (χ2v) is 15.8. The molecule has 15 heteroatoms. The highest BCUT2D eigenvalue weighted by atomic mass is 16.5. The van der Waals surface area contributed by atoms with E-state index in [1.54, 1.807) is 0 Å². The van der Waals surface area contributed by atoms with E-state index in [2.05, 4.69) is 57.3 Å². The minimum Gasteiger partial charge on any atom is -0.453 e. The molecule has 58 heavy (non-hydrogen) atoms. The molecule has 0 radical (unpaired) electrons. The molecule has 3 aliphatic rings. The summed E-state index contributed by atoms with van der Waals surface area (Å²) in [6, 6.07) is 14.9. The molecule has 7 rings (SSSR count). The summed E-state index contributed by atoms with van der Waals surface area (Å²) in [4.78, 5) is 73.8. The Balaban J connectivity index is 1.06. The van der Waals surface area contributed by atoms with Crippen LogP contribution in [-0.4, -0.2) is 113 Å². The topological polar surface area (TPSA) is 183 Å². The van der Waals surface area contributed by atoms with Crippen LogP contribution in [0.1, 0.15) is 83.6 Å². The summed E-state index contributed by atoms with van der Waals surface area (Å²) >= 11 is 0. The predicted molar refractivity (Wildman–Crippen MR) is 221 cm³/mol. The largest absolute Gasteiger partial charge is 0.453 e. The molecule has 2 fully saturated rings. The summed E-state index contributed by atoms with van der Waals surface area (Å²) in [5.74, 6) is 0.339. The fourth-order valence-electron chi connectivity index (χ4n) is 8.48. The van der Waals surface area contributed by atoms with Gasteiger partial charge in [0.2, 0.25) is 11.8 Å². The van der Waals surface area contributed by atoms with E-state index in [-0.39, 0.29) is 41.9 Å². The van der Waals surface area contributed by atoms with Gasteiger partial charge in [0.1, 0.15) is 24.1 Å². The Labute approximate surface area is 338 Å². The van der Waals surface area contributed by atoms with Crippen LogP contribution in [0.2, 0.25) is 0 Å². The average Bonchev–Trinajstić information content (AvgIpc) is 4.09. The summed E-state index contributed by atoms with van der Waals surface area (Å²) in [6.07, 6.45) is 3.31. The SMILES string of the molecule is CCC(C)C(NC(=O)OC)C(=O)N1CCCC1c1nc2nc(-c3ccc4cc(C5=NC(C6CCCN6C(=O)C(NC(=O)OC)C(C)CC)NC5)ccc4c3)ccc2[nH]1. The highest BCUT2D eigenvalue weighted by Crippen LogP contribution is 2.34. The number of ether oxygens (including phenoxy) is 2. The molecule has 308 valence electrons. The van der Waals surface area contributed by atoms with Crippen LogP contribution in [0.15, 0.2) is 53.5 Å². The molecule has 0 aliphatic carbocycles. The number of imidazole rings is 1. The smallest absolute Gasteiger partial charge is 0.407 e. The molecule has 0 spiro atoms. The van der Waals surface area contributed by atoms with Crippen molar-refractivity contribution in [1.82, 2.24) is 40.7 Å². The highest BCUT2D eigenvalue weighted by molar-refractivity contribution is 6.06. The number of likely N-dealkylation sites (tertiary alicyclic amines) is 2. The molecule has 7 atom stereocenters. The van der Waals surface area contributed by atoms with Gasteiger partial charge in [0.05, 0.1) is 43.2 Å². The van der Waals surface area contributed by atoms with Gasteiger partial charge in [0.15, 0.2) is 5.65 Å². The van der Waals surface area contributed by atoms with Gasteiger partial charge in [0, 0.05) is 25.2 Å². The number of H-pyrrole nitrogens is 1. The molecule has 7 unspecified atom stereocenters. The van der Waals surface area contributed by atoms with Crippen LogP contribution in [0, 0.1) is 11.8 Å². The van der Waals surface area contributed by atoms with Crippen LogP contribution < -0.4 is 16.0 Å². The number of amides is 4. The molecule has 2 saturated heterocycles. The third kappa shape index (κ3) is 8.22. The van der Waals surface area contributed by atoms with E-state index in [1.807, 2.05) is 49.6 Å². The van der Waals surface area contributed by atoms with Gasteiger partial charge in [-0.2, -0.15) is 0 Å². The van der Waals surface area contributed by atoms with Crippen molar-refractivity contribution in [2.45, 2.75) is 96.6 Å². The van der Waals surface area contributed by atoms with E-state index in [9.17, 15) is 19.2 Å². The van der Waals surface area contributed by atoms with Gasteiger partial charge in [0.25, 0.3) is 0 Å². The zero-order valence-electron chi connectivity index (χ0n) is 34.2. The lowest BCUT2D eigenvalue weighted by Gasteiger charge is -2.33. The lowest BCUT2D eigenvalue weighted by Crippen LogP contribution is -2.55. The van der Waals surface area contributed by atoms with Crippen molar-refractivity contribution < 1.29 is 28.7 Å². The van der Waals surface area contributed by atoms with Crippen LogP contribution >= 0.6 is 0 Å². The van der Waals surface area contributed by atoms with E-state index < -0.39 is 24.3 Å². The lowest BCUT2D eigenvalue weighted by atomic mass is 9.97. The summed E-state index contributed by atoms with van der Waals surface area (Å²) in [5, 5.41) is 11.2. The number of nitrogens with one attached hydrogen (secondary N) is 4. The number of aromatic amines is 1. The third-order valence-electron chi connectivity index (χ3n) is 12.3. The van der Waals surface area contributed by atoms with Gasteiger partial charge in [-0.05, 0) is 78.1 Å². The standard InChI is InChI=1S/C43H55N9O6/c1-7-24(3)35(48-42(55)57-5)40(53)51-19-9-11-33(51)38-44-23-32(47-38)29-16-14-26-21-28(15-13-27(26)22-29)30-17-18-31-37(45-30)50-39(46-31)34-12-10-20-52(34)41(54)36(25(4)8-2)49-43(56)58-6/h13-18,21-22,24-25,33-36,38,44H,7-12,19-20,23H2,1-6H3,(H,48,55)(H,49,56)(H,45,46,50). The van der Waals surface area contributed by atoms with E-state index in [0.29, 0.717) is 31.1 Å². The van der Waals surface area contributed by atoms with Crippen molar-refractivity contribution in [3.63, 3.8) is 0 Å². The zero-order chi connectivity index (χ0) is 41.1. The molecule has 2 aromatic carbocycles. The Kier molecular flexibility index (Phi) is 12.3. The molecular formula is C43H55N9O6.